The molecule has 2 rings (SSSR count). The summed E-state index contributed by atoms with van der Waals surface area (Å²) in [5.74, 6) is 0. The summed E-state index contributed by atoms with van der Waals surface area (Å²) in [6, 6.07) is 8.32. The Morgan fingerprint density at radius 2 is 2.00 bits per heavy atom. The van der Waals surface area contributed by atoms with Gasteiger partial charge in [0, 0.05) is 11.0 Å². The molecular formula is C16H24BrNO. The average Bonchev–Trinajstić information content (AvgIpc) is 2.88. The molecule has 0 atom stereocenters. The molecule has 0 aromatic heterocycles. The summed E-state index contributed by atoms with van der Waals surface area (Å²) in [5.41, 5.74) is 1.30. The van der Waals surface area contributed by atoms with Crippen LogP contribution in [0.4, 0.5) is 0 Å². The molecule has 0 aliphatic heterocycles. The van der Waals surface area contributed by atoms with Crippen molar-refractivity contribution in [2.24, 2.45) is 0 Å². The van der Waals surface area contributed by atoms with Crippen molar-refractivity contribution < 1.29 is 4.74 Å². The molecule has 1 aliphatic carbocycles. The van der Waals surface area contributed by atoms with Crippen molar-refractivity contribution in [3.05, 3.63) is 34.3 Å². The topological polar surface area (TPSA) is 21.3 Å². The molecule has 0 bridgehead atoms. The minimum atomic E-state index is 0.0600. The first kappa shape index (κ1) is 15.0. The maximum atomic E-state index is 6.31. The number of nitrogens with one attached hydrogen (secondary N) is 1. The molecule has 1 aliphatic rings. The van der Waals surface area contributed by atoms with Gasteiger partial charge in [-0.3, -0.25) is 0 Å². The Kier molecular flexibility index (Phi) is 5.86. The van der Waals surface area contributed by atoms with Gasteiger partial charge in [0.05, 0.1) is 12.2 Å². The Morgan fingerprint density at radius 3 is 2.68 bits per heavy atom. The smallest absolute Gasteiger partial charge is 0.0810 e. The fourth-order valence-corrected chi connectivity index (χ4v) is 3.13. The molecule has 0 unspecified atom stereocenters. The summed E-state index contributed by atoms with van der Waals surface area (Å²) in [7, 11) is 0. The predicted molar refractivity (Wildman–Crippen MR) is 83.3 cm³/mol. The Bertz CT molecular complexity index is 388. The summed E-state index contributed by atoms with van der Waals surface area (Å²) in [4.78, 5) is 0. The van der Waals surface area contributed by atoms with E-state index in [0.717, 1.165) is 17.6 Å². The van der Waals surface area contributed by atoms with Crippen molar-refractivity contribution in [1.29, 1.82) is 0 Å². The van der Waals surface area contributed by atoms with Gasteiger partial charge in [-0.05, 0) is 37.4 Å². The molecule has 2 nitrogen and oxygen atoms in total. The standard InChI is InChI=1S/C16H24BrNO/c1-2-11-18-13-16(9-5-6-10-16)19-12-14-7-3-4-8-15(14)17/h3-4,7-8,18H,2,5-6,9-13H2,1H3. The van der Waals surface area contributed by atoms with Gasteiger partial charge in [0.15, 0.2) is 0 Å². The first-order valence-corrected chi connectivity index (χ1v) is 8.13. The lowest BCUT2D eigenvalue weighted by molar-refractivity contribution is -0.0504. The first-order valence-electron chi connectivity index (χ1n) is 7.34. The molecule has 1 fully saturated rings. The van der Waals surface area contributed by atoms with Gasteiger partial charge in [-0.1, -0.05) is 53.9 Å². The SMILES string of the molecule is CCCNCC1(OCc2ccccc2Br)CCCC1. The van der Waals surface area contributed by atoms with Crippen LogP contribution in [-0.2, 0) is 11.3 Å². The van der Waals surface area contributed by atoms with Crippen molar-refractivity contribution >= 4 is 15.9 Å². The molecule has 1 saturated carbocycles. The molecule has 3 heteroatoms. The number of hydrogen-bond donors (Lipinski definition) is 1. The van der Waals surface area contributed by atoms with Crippen molar-refractivity contribution in [2.75, 3.05) is 13.1 Å². The minimum Gasteiger partial charge on any atom is -0.369 e. The lowest BCUT2D eigenvalue weighted by Gasteiger charge is -2.30. The van der Waals surface area contributed by atoms with Gasteiger partial charge in [-0.25, -0.2) is 0 Å². The lowest BCUT2D eigenvalue weighted by atomic mass is 10.0. The van der Waals surface area contributed by atoms with E-state index in [0.29, 0.717) is 6.61 Å². The second-order valence-electron chi connectivity index (χ2n) is 5.45. The molecule has 19 heavy (non-hydrogen) atoms. The zero-order valence-corrected chi connectivity index (χ0v) is 13.3. The molecule has 1 N–H and O–H groups in total. The highest BCUT2D eigenvalue weighted by atomic mass is 79.9. The van der Waals surface area contributed by atoms with Crippen molar-refractivity contribution in [3.63, 3.8) is 0 Å². The highest BCUT2D eigenvalue weighted by molar-refractivity contribution is 9.10. The van der Waals surface area contributed by atoms with Crippen LogP contribution >= 0.6 is 15.9 Å². The normalized spacial score (nSPS) is 17.8. The highest BCUT2D eigenvalue weighted by Gasteiger charge is 2.34. The summed E-state index contributed by atoms with van der Waals surface area (Å²) < 4.78 is 7.45. The van der Waals surface area contributed by atoms with E-state index in [2.05, 4.69) is 46.4 Å². The van der Waals surface area contributed by atoms with Crippen LogP contribution in [0.2, 0.25) is 0 Å². The Balaban J connectivity index is 1.92. The summed E-state index contributed by atoms with van der Waals surface area (Å²) in [6.45, 7) is 4.98. The zero-order chi connectivity index (χ0) is 13.6. The van der Waals surface area contributed by atoms with Crippen molar-refractivity contribution in [2.45, 2.75) is 51.2 Å². The second kappa shape index (κ2) is 7.41. The van der Waals surface area contributed by atoms with E-state index >= 15 is 0 Å². The van der Waals surface area contributed by atoms with Crippen LogP contribution in [0.15, 0.2) is 28.7 Å². The fraction of sp³-hybridized carbons (Fsp3) is 0.625. The molecule has 1 aromatic carbocycles. The van der Waals surface area contributed by atoms with E-state index in [-0.39, 0.29) is 5.60 Å². The molecular weight excluding hydrogens is 302 g/mol. The molecule has 0 radical (unpaired) electrons. The fourth-order valence-electron chi connectivity index (χ4n) is 2.73. The van der Waals surface area contributed by atoms with Crippen LogP contribution in [0.1, 0.15) is 44.6 Å². The van der Waals surface area contributed by atoms with E-state index in [1.807, 2.05) is 6.07 Å². The number of rotatable bonds is 7. The third kappa shape index (κ3) is 4.30. The molecule has 0 amide bonds. The van der Waals surface area contributed by atoms with Crippen LogP contribution < -0.4 is 5.32 Å². The second-order valence-corrected chi connectivity index (χ2v) is 6.30. The average molecular weight is 326 g/mol. The largest absolute Gasteiger partial charge is 0.369 e. The third-order valence-electron chi connectivity index (χ3n) is 3.88. The van der Waals surface area contributed by atoms with E-state index < -0.39 is 0 Å². The van der Waals surface area contributed by atoms with Crippen LogP contribution in [0.3, 0.4) is 0 Å². The molecule has 0 spiro atoms. The maximum Gasteiger partial charge on any atom is 0.0810 e. The summed E-state index contributed by atoms with van der Waals surface area (Å²) in [5, 5.41) is 3.53. The Hall–Kier alpha value is -0.380. The van der Waals surface area contributed by atoms with E-state index in [4.69, 9.17) is 4.74 Å². The van der Waals surface area contributed by atoms with Gasteiger partial charge in [-0.2, -0.15) is 0 Å². The van der Waals surface area contributed by atoms with Crippen LogP contribution in [0.25, 0.3) is 0 Å². The zero-order valence-electron chi connectivity index (χ0n) is 11.8. The minimum absolute atomic E-state index is 0.0600. The Labute approximate surface area is 125 Å². The molecule has 0 saturated heterocycles. The van der Waals surface area contributed by atoms with E-state index in [1.54, 1.807) is 0 Å². The van der Waals surface area contributed by atoms with Crippen molar-refractivity contribution in [3.8, 4) is 0 Å². The number of ether oxygens (including phenoxy) is 1. The quantitative estimate of drug-likeness (QED) is 0.755. The predicted octanol–water partition coefficient (Wildman–Crippen LogP) is 4.28. The van der Waals surface area contributed by atoms with Gasteiger partial charge < -0.3 is 10.1 Å². The van der Waals surface area contributed by atoms with Gasteiger partial charge in [0.25, 0.3) is 0 Å². The third-order valence-corrected chi connectivity index (χ3v) is 4.65. The highest BCUT2D eigenvalue weighted by Crippen LogP contribution is 2.34. The molecule has 0 heterocycles. The van der Waals surface area contributed by atoms with Crippen LogP contribution in [0.5, 0.6) is 0 Å². The number of hydrogen-bond acceptors (Lipinski definition) is 2. The number of benzene rings is 1. The van der Waals surface area contributed by atoms with Crippen molar-refractivity contribution in [1.82, 2.24) is 5.32 Å². The number of halogens is 1. The van der Waals surface area contributed by atoms with E-state index in [1.165, 1.54) is 37.7 Å². The van der Waals surface area contributed by atoms with Gasteiger partial charge in [0.2, 0.25) is 0 Å². The lowest BCUT2D eigenvalue weighted by Crippen LogP contribution is -2.41. The maximum absolute atomic E-state index is 6.31. The Morgan fingerprint density at radius 1 is 1.26 bits per heavy atom. The van der Waals surface area contributed by atoms with Crippen LogP contribution in [-0.4, -0.2) is 18.7 Å². The van der Waals surface area contributed by atoms with Gasteiger partial charge >= 0.3 is 0 Å². The van der Waals surface area contributed by atoms with Gasteiger partial charge in [0.1, 0.15) is 0 Å². The van der Waals surface area contributed by atoms with E-state index in [9.17, 15) is 0 Å². The summed E-state index contributed by atoms with van der Waals surface area (Å²) in [6.07, 6.45) is 6.15. The summed E-state index contributed by atoms with van der Waals surface area (Å²) >= 11 is 3.59. The molecule has 1 aromatic rings. The molecule has 106 valence electrons. The first-order chi connectivity index (χ1) is 9.26. The van der Waals surface area contributed by atoms with Crippen LogP contribution in [0, 0.1) is 0 Å². The monoisotopic (exact) mass is 325 g/mol. The van der Waals surface area contributed by atoms with Gasteiger partial charge in [-0.15, -0.1) is 0 Å².